The summed E-state index contributed by atoms with van der Waals surface area (Å²) in [6.45, 7) is 7.81. The molecule has 1 aromatic heterocycles. The molecule has 0 saturated heterocycles. The summed E-state index contributed by atoms with van der Waals surface area (Å²) in [6, 6.07) is 13.0. The van der Waals surface area contributed by atoms with Crippen molar-refractivity contribution in [3.63, 3.8) is 0 Å². The van der Waals surface area contributed by atoms with Gasteiger partial charge >= 0.3 is 0 Å². The van der Waals surface area contributed by atoms with Crippen molar-refractivity contribution in [2.75, 3.05) is 6.54 Å². The second-order valence-corrected chi connectivity index (χ2v) is 6.94. The quantitative estimate of drug-likeness (QED) is 0.715. The van der Waals surface area contributed by atoms with E-state index in [0.29, 0.717) is 12.0 Å². The predicted molar refractivity (Wildman–Crippen MR) is 90.6 cm³/mol. The van der Waals surface area contributed by atoms with Gasteiger partial charge in [-0.3, -0.25) is 0 Å². The number of benzene rings is 1. The Bertz CT molecular complexity index is 547. The predicted octanol–water partition coefficient (Wildman–Crippen LogP) is 5.77. The van der Waals surface area contributed by atoms with Crippen LogP contribution < -0.4 is 5.32 Å². The molecule has 1 nitrogen and oxygen atoms in total. The summed E-state index contributed by atoms with van der Waals surface area (Å²) in [6.07, 6.45) is 1.16. The van der Waals surface area contributed by atoms with E-state index in [1.165, 1.54) is 15.3 Å². The van der Waals surface area contributed by atoms with Crippen molar-refractivity contribution < 1.29 is 0 Å². The van der Waals surface area contributed by atoms with E-state index in [9.17, 15) is 0 Å². The zero-order valence-corrected chi connectivity index (χ0v) is 13.9. The van der Waals surface area contributed by atoms with E-state index in [1.54, 1.807) is 0 Å². The van der Waals surface area contributed by atoms with Gasteiger partial charge in [-0.05, 0) is 48.7 Å². The number of thiophene rings is 1. The van der Waals surface area contributed by atoms with Crippen LogP contribution in [0.15, 0.2) is 36.4 Å². The van der Waals surface area contributed by atoms with Gasteiger partial charge in [0.15, 0.2) is 0 Å². The van der Waals surface area contributed by atoms with Crippen molar-refractivity contribution in [2.24, 2.45) is 5.92 Å². The maximum absolute atomic E-state index is 6.08. The largest absolute Gasteiger partial charge is 0.309 e. The first-order valence-electron chi connectivity index (χ1n) is 7.21. The van der Waals surface area contributed by atoms with E-state index in [0.717, 1.165) is 18.0 Å². The van der Waals surface area contributed by atoms with Crippen molar-refractivity contribution in [2.45, 2.75) is 33.2 Å². The zero-order valence-electron chi connectivity index (χ0n) is 12.3. The van der Waals surface area contributed by atoms with Gasteiger partial charge < -0.3 is 5.32 Å². The summed E-state index contributed by atoms with van der Waals surface area (Å²) in [5.41, 5.74) is 1.20. The molecular formula is C17H22ClNS. The van der Waals surface area contributed by atoms with Gasteiger partial charge in [0.2, 0.25) is 0 Å². The topological polar surface area (TPSA) is 12.0 Å². The highest BCUT2D eigenvalue weighted by molar-refractivity contribution is 7.15. The highest BCUT2D eigenvalue weighted by Crippen LogP contribution is 2.34. The van der Waals surface area contributed by atoms with Gasteiger partial charge in [0, 0.05) is 20.8 Å². The Morgan fingerprint density at radius 3 is 2.65 bits per heavy atom. The maximum Gasteiger partial charge on any atom is 0.0438 e. The third-order valence-corrected chi connectivity index (χ3v) is 4.78. The molecule has 2 aromatic rings. The number of hydrogen-bond acceptors (Lipinski definition) is 2. The summed E-state index contributed by atoms with van der Waals surface area (Å²) < 4.78 is 0. The van der Waals surface area contributed by atoms with Crippen LogP contribution in [0.1, 0.15) is 38.1 Å². The Labute approximate surface area is 131 Å². The molecule has 1 atom stereocenters. The summed E-state index contributed by atoms with van der Waals surface area (Å²) in [5.74, 6) is 0.590. The smallest absolute Gasteiger partial charge is 0.0438 e. The Morgan fingerprint density at radius 2 is 2.00 bits per heavy atom. The van der Waals surface area contributed by atoms with Crippen LogP contribution in [-0.4, -0.2) is 6.54 Å². The van der Waals surface area contributed by atoms with Crippen LogP contribution in [0, 0.1) is 5.92 Å². The summed E-state index contributed by atoms with van der Waals surface area (Å²) in [5, 5.41) is 4.44. The lowest BCUT2D eigenvalue weighted by atomic mass is 10.0. The molecule has 0 radical (unpaired) electrons. The number of rotatable bonds is 6. The van der Waals surface area contributed by atoms with Crippen LogP contribution in [0.3, 0.4) is 0 Å². The Kier molecular flexibility index (Phi) is 5.64. The van der Waals surface area contributed by atoms with Gasteiger partial charge in [-0.25, -0.2) is 0 Å². The fourth-order valence-corrected chi connectivity index (χ4v) is 3.73. The van der Waals surface area contributed by atoms with Gasteiger partial charge in [-0.2, -0.15) is 0 Å². The minimum Gasteiger partial charge on any atom is -0.309 e. The lowest BCUT2D eigenvalue weighted by Gasteiger charge is -2.20. The molecule has 1 N–H and O–H groups in total. The second kappa shape index (κ2) is 7.26. The molecule has 108 valence electrons. The van der Waals surface area contributed by atoms with Gasteiger partial charge in [0.05, 0.1) is 0 Å². The average molecular weight is 308 g/mol. The average Bonchev–Trinajstić information content (AvgIpc) is 2.88. The van der Waals surface area contributed by atoms with Gasteiger partial charge in [-0.1, -0.05) is 44.5 Å². The van der Waals surface area contributed by atoms with E-state index in [-0.39, 0.29) is 0 Å². The molecule has 0 amide bonds. The maximum atomic E-state index is 6.08. The van der Waals surface area contributed by atoms with Crippen LogP contribution in [0.25, 0.3) is 10.4 Å². The molecule has 3 heteroatoms. The minimum absolute atomic E-state index is 0.438. The first-order chi connectivity index (χ1) is 9.61. The van der Waals surface area contributed by atoms with Crippen molar-refractivity contribution >= 4 is 22.9 Å². The summed E-state index contributed by atoms with van der Waals surface area (Å²) in [4.78, 5) is 2.69. The number of halogens is 1. The fraction of sp³-hybridized carbons (Fsp3) is 0.412. The highest BCUT2D eigenvalue weighted by Gasteiger charge is 2.17. The highest BCUT2D eigenvalue weighted by atomic mass is 35.5. The monoisotopic (exact) mass is 307 g/mol. The summed E-state index contributed by atoms with van der Waals surface area (Å²) >= 11 is 7.94. The lowest BCUT2D eigenvalue weighted by molar-refractivity contribution is 0.418. The molecule has 0 fully saturated rings. The van der Waals surface area contributed by atoms with Crippen molar-refractivity contribution in [3.8, 4) is 10.4 Å². The standard InChI is InChI=1S/C17H22ClNS/c1-4-10-19-17(12(2)3)16-9-8-15(20-16)13-6-5-7-14(18)11-13/h5-9,11-12,17,19H,4,10H2,1-3H3. The molecule has 0 aliphatic rings. The van der Waals surface area contributed by atoms with Crippen LogP contribution in [0.4, 0.5) is 0 Å². The van der Waals surface area contributed by atoms with E-state index in [4.69, 9.17) is 11.6 Å². The Hall–Kier alpha value is -0.830. The van der Waals surface area contributed by atoms with Crippen molar-refractivity contribution in [3.05, 3.63) is 46.3 Å². The molecule has 0 aliphatic heterocycles. The molecule has 1 aromatic carbocycles. The van der Waals surface area contributed by atoms with Crippen molar-refractivity contribution in [1.29, 1.82) is 0 Å². The third kappa shape index (κ3) is 3.85. The van der Waals surface area contributed by atoms with Gasteiger partial charge in [0.25, 0.3) is 0 Å². The molecule has 0 bridgehead atoms. The van der Waals surface area contributed by atoms with Gasteiger partial charge in [-0.15, -0.1) is 11.3 Å². The van der Waals surface area contributed by atoms with Crippen LogP contribution in [-0.2, 0) is 0 Å². The molecule has 0 saturated carbocycles. The normalized spacial score (nSPS) is 12.8. The van der Waals surface area contributed by atoms with Crippen molar-refractivity contribution in [1.82, 2.24) is 5.32 Å². The van der Waals surface area contributed by atoms with E-state index in [2.05, 4.69) is 44.3 Å². The van der Waals surface area contributed by atoms with E-state index in [1.807, 2.05) is 29.5 Å². The Balaban J connectivity index is 2.22. The van der Waals surface area contributed by atoms with Crippen LogP contribution >= 0.6 is 22.9 Å². The third-order valence-electron chi connectivity index (χ3n) is 3.32. The SMILES string of the molecule is CCCNC(c1ccc(-c2cccc(Cl)c2)s1)C(C)C. The molecule has 1 heterocycles. The van der Waals surface area contributed by atoms with E-state index < -0.39 is 0 Å². The number of nitrogens with one attached hydrogen (secondary N) is 1. The first kappa shape index (κ1) is 15.6. The van der Waals surface area contributed by atoms with Crippen LogP contribution in [0.2, 0.25) is 5.02 Å². The zero-order chi connectivity index (χ0) is 14.5. The molecular weight excluding hydrogens is 286 g/mol. The first-order valence-corrected chi connectivity index (χ1v) is 8.40. The molecule has 20 heavy (non-hydrogen) atoms. The lowest BCUT2D eigenvalue weighted by Crippen LogP contribution is -2.25. The molecule has 1 unspecified atom stereocenters. The Morgan fingerprint density at radius 1 is 1.20 bits per heavy atom. The molecule has 0 aliphatic carbocycles. The van der Waals surface area contributed by atoms with E-state index >= 15 is 0 Å². The summed E-state index contributed by atoms with van der Waals surface area (Å²) in [7, 11) is 0. The minimum atomic E-state index is 0.438. The number of hydrogen-bond donors (Lipinski definition) is 1. The molecule has 0 spiro atoms. The second-order valence-electron chi connectivity index (χ2n) is 5.39. The molecule has 2 rings (SSSR count). The van der Waals surface area contributed by atoms with Gasteiger partial charge in [0.1, 0.15) is 0 Å². The fourth-order valence-electron chi connectivity index (χ4n) is 2.28. The van der Waals surface area contributed by atoms with Crippen LogP contribution in [0.5, 0.6) is 0 Å².